The minimum atomic E-state index is 1.07. The molecule has 1 aromatic rings. The highest BCUT2D eigenvalue weighted by Gasteiger charge is 2.09. The van der Waals surface area contributed by atoms with E-state index in [-0.39, 0.29) is 0 Å². The van der Waals surface area contributed by atoms with Crippen molar-refractivity contribution in [1.82, 2.24) is 4.90 Å². The fourth-order valence-electron chi connectivity index (χ4n) is 2.42. The number of anilines is 2. The van der Waals surface area contributed by atoms with Crippen molar-refractivity contribution in [2.75, 3.05) is 50.5 Å². The largest absolute Gasteiger partial charge is 0.385 e. The third-order valence-electron chi connectivity index (χ3n) is 3.56. The van der Waals surface area contributed by atoms with Gasteiger partial charge in [-0.2, -0.15) is 0 Å². The van der Waals surface area contributed by atoms with E-state index in [0.717, 1.165) is 6.54 Å². The molecule has 1 aliphatic rings. The molecule has 1 heterocycles. The van der Waals surface area contributed by atoms with Gasteiger partial charge in [0, 0.05) is 32.0 Å². The number of hydrogen-bond donors (Lipinski definition) is 1. The molecule has 0 radical (unpaired) electrons. The number of likely N-dealkylation sites (tertiary alicyclic amines) is 1. The molecule has 0 amide bonds. The number of nitrogens with zero attached hydrogens (tertiary/aromatic N) is 2. The monoisotopic (exact) mass is 247 g/mol. The SMILES string of the molecule is CN(C)c1ccc(NCCCN2CCCC2)cc1. The van der Waals surface area contributed by atoms with E-state index in [1.165, 1.54) is 50.3 Å². The van der Waals surface area contributed by atoms with E-state index < -0.39 is 0 Å². The van der Waals surface area contributed by atoms with Gasteiger partial charge in [-0.1, -0.05) is 0 Å². The second-order valence-electron chi connectivity index (χ2n) is 5.27. The highest BCUT2D eigenvalue weighted by atomic mass is 15.1. The van der Waals surface area contributed by atoms with Gasteiger partial charge in [-0.05, 0) is 63.2 Å². The molecule has 0 saturated carbocycles. The van der Waals surface area contributed by atoms with Crippen LogP contribution in [0.4, 0.5) is 11.4 Å². The maximum absolute atomic E-state index is 3.49. The average molecular weight is 247 g/mol. The molecule has 100 valence electrons. The molecule has 3 nitrogen and oxygen atoms in total. The van der Waals surface area contributed by atoms with Gasteiger partial charge in [0.05, 0.1) is 0 Å². The van der Waals surface area contributed by atoms with Gasteiger partial charge < -0.3 is 15.1 Å². The predicted octanol–water partition coefficient (Wildman–Crippen LogP) is 2.65. The molecular weight excluding hydrogens is 222 g/mol. The van der Waals surface area contributed by atoms with Crippen LogP contribution >= 0.6 is 0 Å². The number of benzene rings is 1. The lowest BCUT2D eigenvalue weighted by Gasteiger charge is -2.15. The summed E-state index contributed by atoms with van der Waals surface area (Å²) in [6, 6.07) is 8.63. The minimum Gasteiger partial charge on any atom is -0.385 e. The first-order valence-corrected chi connectivity index (χ1v) is 6.99. The first-order valence-electron chi connectivity index (χ1n) is 6.99. The Kier molecular flexibility index (Phi) is 4.88. The van der Waals surface area contributed by atoms with Crippen molar-refractivity contribution in [2.24, 2.45) is 0 Å². The minimum absolute atomic E-state index is 1.07. The Morgan fingerprint density at radius 2 is 1.78 bits per heavy atom. The van der Waals surface area contributed by atoms with Crippen LogP contribution in [0.5, 0.6) is 0 Å². The number of rotatable bonds is 6. The van der Waals surface area contributed by atoms with E-state index in [1.54, 1.807) is 0 Å². The van der Waals surface area contributed by atoms with E-state index in [0.29, 0.717) is 0 Å². The average Bonchev–Trinajstić information content (AvgIpc) is 2.88. The number of nitrogens with one attached hydrogen (secondary N) is 1. The summed E-state index contributed by atoms with van der Waals surface area (Å²) in [6.45, 7) is 4.91. The van der Waals surface area contributed by atoms with E-state index in [9.17, 15) is 0 Å². The third-order valence-corrected chi connectivity index (χ3v) is 3.56. The van der Waals surface area contributed by atoms with Gasteiger partial charge in [0.15, 0.2) is 0 Å². The molecule has 1 aromatic carbocycles. The first-order chi connectivity index (χ1) is 8.75. The molecule has 0 aromatic heterocycles. The van der Waals surface area contributed by atoms with Gasteiger partial charge in [0.25, 0.3) is 0 Å². The summed E-state index contributed by atoms with van der Waals surface area (Å²) in [5.74, 6) is 0. The smallest absolute Gasteiger partial charge is 0.0362 e. The van der Waals surface area contributed by atoms with Crippen LogP contribution < -0.4 is 10.2 Å². The Morgan fingerprint density at radius 3 is 2.39 bits per heavy atom. The van der Waals surface area contributed by atoms with Gasteiger partial charge in [0.1, 0.15) is 0 Å². The molecule has 0 bridgehead atoms. The zero-order chi connectivity index (χ0) is 12.8. The maximum atomic E-state index is 3.49. The van der Waals surface area contributed by atoms with E-state index >= 15 is 0 Å². The normalized spacial score (nSPS) is 15.9. The van der Waals surface area contributed by atoms with Crippen molar-refractivity contribution in [2.45, 2.75) is 19.3 Å². The summed E-state index contributed by atoms with van der Waals surface area (Å²) in [7, 11) is 4.14. The van der Waals surface area contributed by atoms with Crippen LogP contribution in [0, 0.1) is 0 Å². The lowest BCUT2D eigenvalue weighted by molar-refractivity contribution is 0.337. The lowest BCUT2D eigenvalue weighted by Crippen LogP contribution is -2.22. The van der Waals surface area contributed by atoms with Crippen molar-refractivity contribution in [1.29, 1.82) is 0 Å². The molecule has 1 aliphatic heterocycles. The molecule has 0 aliphatic carbocycles. The molecule has 18 heavy (non-hydrogen) atoms. The van der Waals surface area contributed by atoms with Gasteiger partial charge in [-0.15, -0.1) is 0 Å². The summed E-state index contributed by atoms with van der Waals surface area (Å²) in [4.78, 5) is 4.69. The topological polar surface area (TPSA) is 18.5 Å². The van der Waals surface area contributed by atoms with Crippen molar-refractivity contribution >= 4 is 11.4 Å². The van der Waals surface area contributed by atoms with Crippen molar-refractivity contribution in [3.8, 4) is 0 Å². The van der Waals surface area contributed by atoms with Crippen LogP contribution in [0.15, 0.2) is 24.3 Å². The quantitative estimate of drug-likeness (QED) is 0.780. The van der Waals surface area contributed by atoms with Crippen LogP contribution in [-0.2, 0) is 0 Å². The zero-order valence-electron chi connectivity index (χ0n) is 11.7. The first kappa shape index (κ1) is 13.2. The van der Waals surface area contributed by atoms with Crippen molar-refractivity contribution in [3.63, 3.8) is 0 Å². The molecular formula is C15H25N3. The lowest BCUT2D eigenvalue weighted by atomic mass is 10.2. The van der Waals surface area contributed by atoms with Crippen molar-refractivity contribution < 1.29 is 0 Å². The molecule has 0 unspecified atom stereocenters. The molecule has 1 fully saturated rings. The Hall–Kier alpha value is -1.22. The Balaban J connectivity index is 1.66. The maximum Gasteiger partial charge on any atom is 0.0362 e. The Morgan fingerprint density at radius 1 is 1.11 bits per heavy atom. The zero-order valence-corrected chi connectivity index (χ0v) is 11.7. The van der Waals surface area contributed by atoms with Crippen LogP contribution in [0.3, 0.4) is 0 Å². The van der Waals surface area contributed by atoms with Crippen molar-refractivity contribution in [3.05, 3.63) is 24.3 Å². The second-order valence-corrected chi connectivity index (χ2v) is 5.27. The van der Waals surface area contributed by atoms with Crippen LogP contribution in [0.1, 0.15) is 19.3 Å². The van der Waals surface area contributed by atoms with Gasteiger partial charge in [0.2, 0.25) is 0 Å². The molecule has 0 atom stereocenters. The van der Waals surface area contributed by atoms with E-state index in [4.69, 9.17) is 0 Å². The van der Waals surface area contributed by atoms with Crippen LogP contribution in [0.2, 0.25) is 0 Å². The fourth-order valence-corrected chi connectivity index (χ4v) is 2.42. The molecule has 3 heteroatoms. The summed E-state index contributed by atoms with van der Waals surface area (Å²) in [5, 5.41) is 3.49. The highest BCUT2D eigenvalue weighted by molar-refractivity contribution is 5.54. The Bertz CT molecular complexity index is 339. The summed E-state index contributed by atoms with van der Waals surface area (Å²) < 4.78 is 0. The summed E-state index contributed by atoms with van der Waals surface area (Å²) in [6.07, 6.45) is 4.01. The molecule has 2 rings (SSSR count). The van der Waals surface area contributed by atoms with Gasteiger partial charge in [-0.25, -0.2) is 0 Å². The summed E-state index contributed by atoms with van der Waals surface area (Å²) >= 11 is 0. The summed E-state index contributed by atoms with van der Waals surface area (Å²) in [5.41, 5.74) is 2.47. The fraction of sp³-hybridized carbons (Fsp3) is 0.600. The van der Waals surface area contributed by atoms with Crippen LogP contribution in [-0.4, -0.2) is 45.2 Å². The van der Waals surface area contributed by atoms with E-state index in [2.05, 4.69) is 53.5 Å². The molecule has 1 N–H and O–H groups in total. The Labute approximate surface area is 111 Å². The number of hydrogen-bond acceptors (Lipinski definition) is 3. The standard InChI is InChI=1S/C15H25N3/c1-17(2)15-8-6-14(7-9-15)16-10-5-13-18-11-3-4-12-18/h6-9,16H,3-5,10-13H2,1-2H3. The highest BCUT2D eigenvalue weighted by Crippen LogP contribution is 2.15. The second kappa shape index (κ2) is 6.64. The predicted molar refractivity (Wildman–Crippen MR) is 79.5 cm³/mol. The molecule has 0 spiro atoms. The third kappa shape index (κ3) is 3.91. The van der Waals surface area contributed by atoms with Gasteiger partial charge >= 0.3 is 0 Å². The molecule has 1 saturated heterocycles. The van der Waals surface area contributed by atoms with Gasteiger partial charge in [-0.3, -0.25) is 0 Å². The van der Waals surface area contributed by atoms with Crippen LogP contribution in [0.25, 0.3) is 0 Å². The van der Waals surface area contributed by atoms with E-state index in [1.807, 2.05) is 0 Å².